The summed E-state index contributed by atoms with van der Waals surface area (Å²) in [5, 5.41) is 14.2. The van der Waals surface area contributed by atoms with Crippen molar-refractivity contribution in [3.63, 3.8) is 0 Å². The van der Waals surface area contributed by atoms with Gasteiger partial charge in [-0.3, -0.25) is 0 Å². The molecule has 19 heavy (non-hydrogen) atoms. The summed E-state index contributed by atoms with van der Waals surface area (Å²) < 4.78 is 0. The van der Waals surface area contributed by atoms with Gasteiger partial charge < -0.3 is 20.6 Å². The van der Waals surface area contributed by atoms with Crippen molar-refractivity contribution >= 4 is 17.7 Å². The van der Waals surface area contributed by atoms with Crippen LogP contribution in [0.2, 0.25) is 0 Å². The van der Waals surface area contributed by atoms with Crippen molar-refractivity contribution in [3.05, 3.63) is 29.8 Å². The topological polar surface area (TPSA) is 81.7 Å². The van der Waals surface area contributed by atoms with Crippen LogP contribution in [0.15, 0.2) is 24.3 Å². The first-order valence-electron chi connectivity index (χ1n) is 5.95. The van der Waals surface area contributed by atoms with Crippen molar-refractivity contribution in [1.29, 1.82) is 0 Å². The fraction of sp³-hybridized carbons (Fsp3) is 0.385. The van der Waals surface area contributed by atoms with Gasteiger partial charge in [0.05, 0.1) is 11.3 Å². The molecule has 0 fully saturated rings. The number of carboxylic acid groups (broad SMARTS) is 1. The highest BCUT2D eigenvalue weighted by atomic mass is 16.4. The maximum Gasteiger partial charge on any atom is 0.337 e. The third-order valence-corrected chi connectivity index (χ3v) is 2.85. The van der Waals surface area contributed by atoms with Crippen LogP contribution >= 0.6 is 0 Å². The van der Waals surface area contributed by atoms with E-state index < -0.39 is 12.0 Å². The van der Waals surface area contributed by atoms with Crippen LogP contribution in [0, 0.1) is 0 Å². The first-order valence-corrected chi connectivity index (χ1v) is 5.95. The van der Waals surface area contributed by atoms with Gasteiger partial charge in [-0.05, 0) is 33.2 Å². The third kappa shape index (κ3) is 4.59. The van der Waals surface area contributed by atoms with Gasteiger partial charge in [0, 0.05) is 12.6 Å². The van der Waals surface area contributed by atoms with Crippen molar-refractivity contribution in [2.75, 3.05) is 26.0 Å². The van der Waals surface area contributed by atoms with Crippen molar-refractivity contribution in [2.45, 2.75) is 13.0 Å². The van der Waals surface area contributed by atoms with Gasteiger partial charge in [-0.2, -0.15) is 0 Å². The van der Waals surface area contributed by atoms with Crippen molar-refractivity contribution in [3.8, 4) is 0 Å². The summed E-state index contributed by atoms with van der Waals surface area (Å²) in [5.74, 6) is -1.07. The Morgan fingerprint density at radius 2 is 1.95 bits per heavy atom. The number of rotatable bonds is 5. The van der Waals surface area contributed by atoms with Crippen LogP contribution in [-0.2, 0) is 0 Å². The number of hydrogen-bond donors (Lipinski definition) is 3. The van der Waals surface area contributed by atoms with Crippen molar-refractivity contribution < 1.29 is 14.7 Å². The second kappa shape index (κ2) is 6.75. The van der Waals surface area contributed by atoms with E-state index in [0.717, 1.165) is 0 Å². The van der Waals surface area contributed by atoms with E-state index in [-0.39, 0.29) is 17.3 Å². The Labute approximate surface area is 112 Å². The zero-order valence-electron chi connectivity index (χ0n) is 11.3. The molecule has 104 valence electrons. The molecule has 0 aliphatic carbocycles. The molecule has 1 aromatic carbocycles. The molecule has 3 N–H and O–H groups in total. The number of anilines is 1. The number of benzene rings is 1. The fourth-order valence-corrected chi connectivity index (χ4v) is 1.37. The highest BCUT2D eigenvalue weighted by Gasteiger charge is 2.12. The number of aromatic carboxylic acids is 1. The first-order chi connectivity index (χ1) is 8.91. The van der Waals surface area contributed by atoms with Crippen molar-refractivity contribution in [2.24, 2.45) is 0 Å². The van der Waals surface area contributed by atoms with Crippen LogP contribution < -0.4 is 10.6 Å². The summed E-state index contributed by atoms with van der Waals surface area (Å²) >= 11 is 0. The van der Waals surface area contributed by atoms with Crippen LogP contribution in [0.4, 0.5) is 10.5 Å². The lowest BCUT2D eigenvalue weighted by atomic mass is 10.2. The van der Waals surface area contributed by atoms with Crippen LogP contribution in [0.25, 0.3) is 0 Å². The number of carbonyl (C=O) groups excluding carboxylic acids is 1. The van der Waals surface area contributed by atoms with Crippen molar-refractivity contribution in [1.82, 2.24) is 10.2 Å². The minimum absolute atomic E-state index is 0.0679. The molecule has 0 radical (unpaired) electrons. The maximum atomic E-state index is 11.7. The third-order valence-electron chi connectivity index (χ3n) is 2.85. The molecule has 6 heteroatoms. The summed E-state index contributed by atoms with van der Waals surface area (Å²) in [6.07, 6.45) is 0. The lowest BCUT2D eigenvalue weighted by Gasteiger charge is -2.20. The number of hydrogen-bond acceptors (Lipinski definition) is 3. The SMILES string of the molecule is CC(CNC(=O)Nc1ccccc1C(=O)O)N(C)C. The van der Waals surface area contributed by atoms with E-state index >= 15 is 0 Å². The Hall–Kier alpha value is -2.08. The molecule has 2 amide bonds. The zero-order valence-corrected chi connectivity index (χ0v) is 11.3. The summed E-state index contributed by atoms with van der Waals surface area (Å²) in [6, 6.07) is 6.06. The summed E-state index contributed by atoms with van der Waals surface area (Å²) in [4.78, 5) is 24.6. The zero-order chi connectivity index (χ0) is 14.4. The van der Waals surface area contributed by atoms with E-state index in [1.165, 1.54) is 6.07 Å². The lowest BCUT2D eigenvalue weighted by Crippen LogP contribution is -2.40. The molecule has 0 aromatic heterocycles. The molecule has 0 aliphatic rings. The van der Waals surface area contributed by atoms with E-state index in [9.17, 15) is 9.59 Å². The average Bonchev–Trinajstić information content (AvgIpc) is 2.36. The lowest BCUT2D eigenvalue weighted by molar-refractivity contribution is 0.0698. The minimum Gasteiger partial charge on any atom is -0.478 e. The number of nitrogens with one attached hydrogen (secondary N) is 2. The van der Waals surface area contributed by atoms with Gasteiger partial charge in [-0.25, -0.2) is 9.59 Å². The molecular weight excluding hydrogens is 246 g/mol. The predicted octanol–water partition coefficient (Wildman–Crippen LogP) is 1.46. The standard InChI is InChI=1S/C13H19N3O3/c1-9(16(2)3)8-14-13(19)15-11-7-5-4-6-10(11)12(17)18/h4-7,9H,8H2,1-3H3,(H,17,18)(H2,14,15,19). The quantitative estimate of drug-likeness (QED) is 0.752. The van der Waals surface area contributed by atoms with Gasteiger partial charge in [0.15, 0.2) is 0 Å². The van der Waals surface area contributed by atoms with Crippen LogP contribution in [-0.4, -0.2) is 48.7 Å². The number of nitrogens with zero attached hydrogens (tertiary/aromatic N) is 1. The number of carbonyl (C=O) groups is 2. The summed E-state index contributed by atoms with van der Waals surface area (Å²) in [5.41, 5.74) is 0.350. The Kier molecular flexibility index (Phi) is 5.32. The van der Waals surface area contributed by atoms with Gasteiger partial charge in [-0.1, -0.05) is 12.1 Å². The Bertz CT molecular complexity index is 460. The van der Waals surface area contributed by atoms with Gasteiger partial charge in [0.2, 0.25) is 0 Å². The number of urea groups is 1. The predicted molar refractivity (Wildman–Crippen MR) is 73.6 cm³/mol. The van der Waals surface area contributed by atoms with E-state index in [4.69, 9.17) is 5.11 Å². The van der Waals surface area contributed by atoms with E-state index in [0.29, 0.717) is 6.54 Å². The molecular formula is C13H19N3O3. The number of likely N-dealkylation sites (N-methyl/N-ethyl adjacent to an activating group) is 1. The largest absolute Gasteiger partial charge is 0.478 e. The highest BCUT2D eigenvalue weighted by Crippen LogP contribution is 2.14. The van der Waals surface area contributed by atoms with Crippen LogP contribution in [0.1, 0.15) is 17.3 Å². The molecule has 1 unspecified atom stereocenters. The van der Waals surface area contributed by atoms with E-state index in [2.05, 4.69) is 10.6 Å². The smallest absolute Gasteiger partial charge is 0.337 e. The Morgan fingerprint density at radius 3 is 2.53 bits per heavy atom. The number of para-hydroxylation sites is 1. The minimum atomic E-state index is -1.07. The average molecular weight is 265 g/mol. The van der Waals surface area contributed by atoms with Crippen LogP contribution in [0.3, 0.4) is 0 Å². The normalized spacial score (nSPS) is 12.0. The first kappa shape index (κ1) is 15.0. The number of amides is 2. The van der Waals surface area contributed by atoms with E-state index in [1.54, 1.807) is 18.2 Å². The molecule has 1 aromatic rings. The second-order valence-electron chi connectivity index (χ2n) is 4.50. The Balaban J connectivity index is 2.60. The molecule has 6 nitrogen and oxygen atoms in total. The van der Waals surface area contributed by atoms with Gasteiger partial charge in [0.25, 0.3) is 0 Å². The summed E-state index contributed by atoms with van der Waals surface area (Å²) in [6.45, 7) is 2.46. The molecule has 1 rings (SSSR count). The van der Waals surface area contributed by atoms with Crippen LogP contribution in [0.5, 0.6) is 0 Å². The molecule has 1 atom stereocenters. The van der Waals surface area contributed by atoms with Gasteiger partial charge in [0.1, 0.15) is 0 Å². The van der Waals surface area contributed by atoms with Gasteiger partial charge >= 0.3 is 12.0 Å². The van der Waals surface area contributed by atoms with Gasteiger partial charge in [-0.15, -0.1) is 0 Å². The molecule has 0 spiro atoms. The molecule has 0 aliphatic heterocycles. The maximum absolute atomic E-state index is 11.7. The monoisotopic (exact) mass is 265 g/mol. The summed E-state index contributed by atoms with van der Waals surface area (Å²) in [7, 11) is 3.84. The molecule has 0 bridgehead atoms. The van der Waals surface area contributed by atoms with E-state index in [1.807, 2.05) is 25.9 Å². The highest BCUT2D eigenvalue weighted by molar-refractivity contribution is 5.99. The fourth-order valence-electron chi connectivity index (χ4n) is 1.37. The number of carboxylic acids is 1. The Morgan fingerprint density at radius 1 is 1.32 bits per heavy atom. The molecule has 0 saturated carbocycles. The second-order valence-corrected chi connectivity index (χ2v) is 4.50. The molecule has 0 heterocycles. The molecule has 0 saturated heterocycles.